The molecule has 3 unspecified atom stereocenters. The first-order valence-electron chi connectivity index (χ1n) is 9.02. The van der Waals surface area contributed by atoms with E-state index < -0.39 is 0 Å². The molecule has 1 saturated carbocycles. The average molecular weight is 338 g/mol. The Morgan fingerprint density at radius 1 is 1.08 bits per heavy atom. The molecule has 1 saturated heterocycles. The van der Waals surface area contributed by atoms with Gasteiger partial charge in [-0.05, 0) is 54.0 Å². The van der Waals surface area contributed by atoms with Crippen LogP contribution < -0.4 is 5.32 Å². The summed E-state index contributed by atoms with van der Waals surface area (Å²) in [5.74, 6) is 1.82. The molecule has 1 heterocycles. The molecule has 2 fully saturated rings. The van der Waals surface area contributed by atoms with Gasteiger partial charge in [-0.3, -0.25) is 4.79 Å². The molecule has 2 aliphatic rings. The molecule has 0 spiro atoms. The van der Waals surface area contributed by atoms with Crippen molar-refractivity contribution in [1.29, 1.82) is 0 Å². The molecule has 2 aromatic carbocycles. The number of fused-ring (bicyclic) bond motifs is 1. The Morgan fingerprint density at radius 3 is 2.60 bits per heavy atom. The lowest BCUT2D eigenvalue weighted by molar-refractivity contribution is 0.0949. The van der Waals surface area contributed by atoms with Gasteiger partial charge in [0.2, 0.25) is 0 Å². The number of amides is 1. The summed E-state index contributed by atoms with van der Waals surface area (Å²) >= 11 is 0. The fourth-order valence-corrected chi connectivity index (χ4v) is 4.29. The van der Waals surface area contributed by atoms with E-state index in [1.165, 1.54) is 12.0 Å². The maximum absolute atomic E-state index is 13.1. The summed E-state index contributed by atoms with van der Waals surface area (Å²) in [6.07, 6.45) is 1.20. The van der Waals surface area contributed by atoms with Crippen molar-refractivity contribution in [2.45, 2.75) is 12.3 Å². The molecule has 3 atom stereocenters. The molecule has 130 valence electrons. The third kappa shape index (κ3) is 3.45. The number of nitrogens with one attached hydrogen (secondary N) is 1. The van der Waals surface area contributed by atoms with Crippen LogP contribution in [0.15, 0.2) is 54.6 Å². The number of rotatable bonds is 5. The molecule has 1 N–H and O–H groups in total. The zero-order chi connectivity index (χ0) is 17.2. The maximum Gasteiger partial charge on any atom is 0.251 e. The molecular weight excluding hydrogens is 315 g/mol. The van der Waals surface area contributed by atoms with Crippen molar-refractivity contribution in [2.75, 3.05) is 26.2 Å². The summed E-state index contributed by atoms with van der Waals surface area (Å²) in [6.45, 7) is 3.76. The van der Waals surface area contributed by atoms with Crippen LogP contribution in [-0.4, -0.2) is 37.0 Å². The minimum absolute atomic E-state index is 0.00745. The molecule has 3 nitrogen and oxygen atoms in total. The van der Waals surface area contributed by atoms with Gasteiger partial charge in [0.05, 0.1) is 0 Å². The van der Waals surface area contributed by atoms with Gasteiger partial charge in [0.15, 0.2) is 0 Å². The van der Waals surface area contributed by atoms with Crippen molar-refractivity contribution >= 4 is 5.91 Å². The van der Waals surface area contributed by atoms with Crippen LogP contribution in [0.3, 0.4) is 0 Å². The van der Waals surface area contributed by atoms with E-state index in [1.807, 2.05) is 42.5 Å². The highest BCUT2D eigenvalue weighted by Crippen LogP contribution is 2.51. The number of benzene rings is 2. The van der Waals surface area contributed by atoms with Crippen molar-refractivity contribution in [3.63, 3.8) is 0 Å². The Kier molecular flexibility index (Phi) is 4.53. The number of halogens is 1. The fraction of sp³-hybridized carbons (Fsp3) is 0.381. The second-order valence-corrected chi connectivity index (χ2v) is 7.20. The molecule has 1 aliphatic heterocycles. The monoisotopic (exact) mass is 338 g/mol. The standard InChI is InChI=1S/C21H23FN2O/c22-18-8-6-15(7-9-18)19-12-17-13-24(14-20(17)19)11-10-23-21(25)16-4-2-1-3-5-16/h1-9,17,19-20H,10-14H2,(H,23,25). The Labute approximate surface area is 147 Å². The number of carbonyl (C=O) groups is 1. The first-order valence-corrected chi connectivity index (χ1v) is 9.02. The Bertz CT molecular complexity index is 731. The first-order chi connectivity index (χ1) is 12.2. The predicted molar refractivity (Wildman–Crippen MR) is 96.0 cm³/mol. The fourth-order valence-electron chi connectivity index (χ4n) is 4.29. The molecule has 1 aliphatic carbocycles. The maximum atomic E-state index is 13.1. The van der Waals surface area contributed by atoms with Gasteiger partial charge < -0.3 is 10.2 Å². The van der Waals surface area contributed by atoms with E-state index in [0.717, 1.165) is 25.6 Å². The van der Waals surface area contributed by atoms with Gasteiger partial charge in [-0.15, -0.1) is 0 Å². The van der Waals surface area contributed by atoms with Crippen LogP contribution in [0.1, 0.15) is 28.3 Å². The quantitative estimate of drug-likeness (QED) is 0.907. The third-order valence-electron chi connectivity index (χ3n) is 5.69. The summed E-state index contributed by atoms with van der Waals surface area (Å²) in [5, 5.41) is 3.00. The minimum atomic E-state index is -0.165. The largest absolute Gasteiger partial charge is 0.351 e. The zero-order valence-electron chi connectivity index (χ0n) is 14.2. The molecule has 0 bridgehead atoms. The van der Waals surface area contributed by atoms with Crippen LogP contribution >= 0.6 is 0 Å². The van der Waals surface area contributed by atoms with Gasteiger partial charge in [-0.2, -0.15) is 0 Å². The van der Waals surface area contributed by atoms with Crippen molar-refractivity contribution in [1.82, 2.24) is 10.2 Å². The van der Waals surface area contributed by atoms with Crippen LogP contribution in [0.4, 0.5) is 4.39 Å². The molecular formula is C21H23FN2O. The third-order valence-corrected chi connectivity index (χ3v) is 5.69. The highest BCUT2D eigenvalue weighted by atomic mass is 19.1. The van der Waals surface area contributed by atoms with E-state index in [-0.39, 0.29) is 11.7 Å². The van der Waals surface area contributed by atoms with Crippen molar-refractivity contribution in [2.24, 2.45) is 11.8 Å². The predicted octanol–water partition coefficient (Wildman–Crippen LogP) is 3.29. The van der Waals surface area contributed by atoms with Gasteiger partial charge in [-0.1, -0.05) is 30.3 Å². The van der Waals surface area contributed by atoms with Gasteiger partial charge >= 0.3 is 0 Å². The highest BCUT2D eigenvalue weighted by molar-refractivity contribution is 5.94. The lowest BCUT2D eigenvalue weighted by Gasteiger charge is -2.40. The van der Waals surface area contributed by atoms with Gasteiger partial charge in [0.25, 0.3) is 5.91 Å². The Morgan fingerprint density at radius 2 is 1.84 bits per heavy atom. The zero-order valence-corrected chi connectivity index (χ0v) is 14.2. The van der Waals surface area contributed by atoms with Crippen LogP contribution in [-0.2, 0) is 0 Å². The van der Waals surface area contributed by atoms with Crippen molar-refractivity contribution in [3.05, 3.63) is 71.5 Å². The number of likely N-dealkylation sites (tertiary alicyclic amines) is 1. The van der Waals surface area contributed by atoms with E-state index >= 15 is 0 Å². The molecule has 4 heteroatoms. The number of nitrogens with zero attached hydrogens (tertiary/aromatic N) is 1. The lowest BCUT2D eigenvalue weighted by Crippen LogP contribution is -2.34. The SMILES string of the molecule is O=C(NCCN1CC2CC(c3ccc(F)cc3)C2C1)c1ccccc1. The van der Waals surface area contributed by atoms with Crippen LogP contribution in [0, 0.1) is 17.7 Å². The number of hydrogen-bond acceptors (Lipinski definition) is 2. The minimum Gasteiger partial charge on any atom is -0.351 e. The van der Waals surface area contributed by atoms with Gasteiger partial charge in [-0.25, -0.2) is 4.39 Å². The van der Waals surface area contributed by atoms with Crippen molar-refractivity contribution < 1.29 is 9.18 Å². The van der Waals surface area contributed by atoms with E-state index in [2.05, 4.69) is 10.2 Å². The lowest BCUT2D eigenvalue weighted by atomic mass is 9.64. The molecule has 25 heavy (non-hydrogen) atoms. The van der Waals surface area contributed by atoms with Crippen LogP contribution in [0.25, 0.3) is 0 Å². The molecule has 4 rings (SSSR count). The normalized spacial score (nSPS) is 25.2. The number of carbonyl (C=O) groups excluding carboxylic acids is 1. The van der Waals surface area contributed by atoms with Gasteiger partial charge in [0.1, 0.15) is 5.82 Å². The smallest absolute Gasteiger partial charge is 0.251 e. The summed E-state index contributed by atoms with van der Waals surface area (Å²) in [7, 11) is 0. The summed E-state index contributed by atoms with van der Waals surface area (Å²) in [6, 6.07) is 16.3. The molecule has 2 aromatic rings. The second-order valence-electron chi connectivity index (χ2n) is 7.20. The second kappa shape index (κ2) is 6.96. The molecule has 0 aromatic heterocycles. The Balaban J connectivity index is 1.25. The molecule has 0 radical (unpaired) electrons. The van der Waals surface area contributed by atoms with Gasteiger partial charge in [0, 0.05) is 31.7 Å². The van der Waals surface area contributed by atoms with Crippen LogP contribution in [0.5, 0.6) is 0 Å². The summed E-state index contributed by atoms with van der Waals surface area (Å²) in [5.41, 5.74) is 1.97. The van der Waals surface area contributed by atoms with E-state index in [1.54, 1.807) is 12.1 Å². The molecule has 1 amide bonds. The number of hydrogen-bond donors (Lipinski definition) is 1. The van der Waals surface area contributed by atoms with E-state index in [0.29, 0.717) is 23.9 Å². The Hall–Kier alpha value is -2.20. The first kappa shape index (κ1) is 16.3. The summed E-state index contributed by atoms with van der Waals surface area (Å²) < 4.78 is 13.1. The van der Waals surface area contributed by atoms with Crippen LogP contribution in [0.2, 0.25) is 0 Å². The van der Waals surface area contributed by atoms with E-state index in [4.69, 9.17) is 0 Å². The topological polar surface area (TPSA) is 32.3 Å². The highest BCUT2D eigenvalue weighted by Gasteiger charge is 2.47. The average Bonchev–Trinajstić information content (AvgIpc) is 2.94. The van der Waals surface area contributed by atoms with Crippen molar-refractivity contribution in [3.8, 4) is 0 Å². The van der Waals surface area contributed by atoms with E-state index in [9.17, 15) is 9.18 Å². The summed E-state index contributed by atoms with van der Waals surface area (Å²) in [4.78, 5) is 14.5.